The van der Waals surface area contributed by atoms with Gasteiger partial charge in [-0.15, -0.1) is 0 Å². The van der Waals surface area contributed by atoms with Crippen LogP contribution in [0.15, 0.2) is 35.4 Å². The lowest BCUT2D eigenvalue weighted by Crippen LogP contribution is -2.11. The van der Waals surface area contributed by atoms with Crippen molar-refractivity contribution in [1.82, 2.24) is 0 Å². The molecule has 0 bridgehead atoms. The van der Waals surface area contributed by atoms with E-state index >= 15 is 0 Å². The quantitative estimate of drug-likeness (QED) is 0.310. The Morgan fingerprint density at radius 1 is 1.33 bits per heavy atom. The maximum absolute atomic E-state index is 12.8. The van der Waals surface area contributed by atoms with E-state index in [-0.39, 0.29) is 16.8 Å². The number of hydrogen-bond acceptors (Lipinski definition) is 6. The van der Waals surface area contributed by atoms with Crippen LogP contribution >= 0.6 is 11.6 Å². The van der Waals surface area contributed by atoms with Gasteiger partial charge in [0.2, 0.25) is 0 Å². The number of ether oxygens (including phenoxy) is 2. The molecule has 2 aromatic rings. The molecule has 0 aromatic heterocycles. The summed E-state index contributed by atoms with van der Waals surface area (Å²) in [5, 5.41) is 15.2. The van der Waals surface area contributed by atoms with Gasteiger partial charge in [-0.2, -0.15) is 18.3 Å². The Morgan fingerprint density at radius 3 is 2.60 bits per heavy atom. The maximum Gasteiger partial charge on any atom is 0.416 e. The number of anilines is 1. The fourth-order valence-electron chi connectivity index (χ4n) is 2.34. The van der Waals surface area contributed by atoms with Crippen molar-refractivity contribution in [2.45, 2.75) is 32.5 Å². The first-order valence-corrected chi connectivity index (χ1v) is 9.13. The zero-order chi connectivity index (χ0) is 22.5. The van der Waals surface area contributed by atoms with Crippen molar-refractivity contribution in [3.63, 3.8) is 0 Å². The number of nitrogens with zero attached hydrogens (tertiary/aromatic N) is 2. The Hall–Kier alpha value is -3.01. The van der Waals surface area contributed by atoms with Gasteiger partial charge < -0.3 is 9.47 Å². The van der Waals surface area contributed by atoms with Crippen molar-refractivity contribution < 1.29 is 27.6 Å². The average molecular weight is 446 g/mol. The largest absolute Gasteiger partial charge is 0.493 e. The minimum atomic E-state index is -4.70. The number of alkyl halides is 3. The zero-order valence-electron chi connectivity index (χ0n) is 16.3. The standard InChI is InChI=1S/C19H19ClF3N3O4/c1-4-11(2)30-18-14(20)7-12(8-17(18)29-3)10-24-25-15-6-5-13(19(21,22)23)9-16(15)26(27)28/h5-11,25H,4H2,1-3H3/b24-10-/t11-/m1/s1. The average Bonchev–Trinajstić information content (AvgIpc) is 2.68. The molecule has 2 rings (SSSR count). The lowest BCUT2D eigenvalue weighted by Gasteiger charge is -2.17. The molecule has 0 heterocycles. The number of nitro benzene ring substituents is 1. The number of benzene rings is 2. The minimum Gasteiger partial charge on any atom is -0.493 e. The highest BCUT2D eigenvalue weighted by atomic mass is 35.5. The molecule has 0 saturated carbocycles. The summed E-state index contributed by atoms with van der Waals surface area (Å²) in [5.41, 5.74) is 0.784. The van der Waals surface area contributed by atoms with Gasteiger partial charge in [0.15, 0.2) is 11.5 Å². The Bertz CT molecular complexity index is 951. The molecule has 0 unspecified atom stereocenters. The number of hydrogen-bond donors (Lipinski definition) is 1. The SMILES string of the molecule is CC[C@@H](C)Oc1c(Cl)cc(/C=N\Nc2ccc(C(F)(F)F)cc2[N+](=O)[O-])cc1OC. The summed E-state index contributed by atoms with van der Waals surface area (Å²) in [4.78, 5) is 10.2. The third-order valence-electron chi connectivity index (χ3n) is 4.07. The van der Waals surface area contributed by atoms with E-state index in [1.54, 1.807) is 12.1 Å². The van der Waals surface area contributed by atoms with Gasteiger partial charge in [-0.25, -0.2) is 0 Å². The van der Waals surface area contributed by atoms with E-state index in [2.05, 4.69) is 10.5 Å². The lowest BCUT2D eigenvalue weighted by atomic mass is 10.1. The molecule has 7 nitrogen and oxygen atoms in total. The molecule has 0 fully saturated rings. The molecule has 1 N–H and O–H groups in total. The predicted octanol–water partition coefficient (Wildman–Crippen LogP) is 5.90. The van der Waals surface area contributed by atoms with E-state index in [0.29, 0.717) is 23.1 Å². The van der Waals surface area contributed by atoms with Crippen LogP contribution in [-0.2, 0) is 6.18 Å². The molecule has 0 saturated heterocycles. The second kappa shape index (κ2) is 9.66. The second-order valence-corrected chi connectivity index (χ2v) is 6.63. The molecule has 162 valence electrons. The first-order chi connectivity index (χ1) is 14.1. The Balaban J connectivity index is 2.27. The lowest BCUT2D eigenvalue weighted by molar-refractivity contribution is -0.384. The second-order valence-electron chi connectivity index (χ2n) is 6.23. The van der Waals surface area contributed by atoms with Crippen LogP contribution in [0.5, 0.6) is 11.5 Å². The van der Waals surface area contributed by atoms with Crippen molar-refractivity contribution in [3.8, 4) is 11.5 Å². The number of nitro groups is 1. The Kier molecular flexibility index (Phi) is 7.49. The van der Waals surface area contributed by atoms with Crippen molar-refractivity contribution >= 4 is 29.2 Å². The van der Waals surface area contributed by atoms with Crippen LogP contribution in [-0.4, -0.2) is 24.4 Å². The Morgan fingerprint density at radius 2 is 2.03 bits per heavy atom. The van der Waals surface area contributed by atoms with E-state index in [1.807, 2.05) is 13.8 Å². The number of methoxy groups -OCH3 is 1. The molecule has 0 radical (unpaired) electrons. The topological polar surface area (TPSA) is 86.0 Å². The molecule has 0 amide bonds. The molecule has 11 heteroatoms. The predicted molar refractivity (Wildman–Crippen MR) is 108 cm³/mol. The third-order valence-corrected chi connectivity index (χ3v) is 4.35. The van der Waals surface area contributed by atoms with Crippen LogP contribution in [0.1, 0.15) is 31.4 Å². The molecule has 0 aliphatic carbocycles. The van der Waals surface area contributed by atoms with Crippen LogP contribution in [0.4, 0.5) is 24.5 Å². The van der Waals surface area contributed by atoms with Gasteiger partial charge in [0, 0.05) is 6.07 Å². The van der Waals surface area contributed by atoms with E-state index in [1.165, 1.54) is 13.3 Å². The maximum atomic E-state index is 12.8. The molecule has 0 aliphatic heterocycles. The molecule has 2 aromatic carbocycles. The monoisotopic (exact) mass is 445 g/mol. The van der Waals surface area contributed by atoms with Crippen molar-refractivity contribution in [2.75, 3.05) is 12.5 Å². The normalized spacial score (nSPS) is 12.6. The van der Waals surface area contributed by atoms with Gasteiger partial charge in [-0.3, -0.25) is 15.5 Å². The summed E-state index contributed by atoms with van der Waals surface area (Å²) in [6.07, 6.45) is -2.72. The Labute approximate surface area is 175 Å². The highest BCUT2D eigenvalue weighted by Gasteiger charge is 2.33. The van der Waals surface area contributed by atoms with Crippen LogP contribution in [0.25, 0.3) is 0 Å². The highest BCUT2D eigenvalue weighted by molar-refractivity contribution is 6.32. The minimum absolute atomic E-state index is 0.0854. The summed E-state index contributed by atoms with van der Waals surface area (Å²) in [7, 11) is 1.44. The number of nitrogens with one attached hydrogen (secondary N) is 1. The van der Waals surface area contributed by atoms with Gasteiger partial charge in [-0.1, -0.05) is 18.5 Å². The van der Waals surface area contributed by atoms with Crippen molar-refractivity contribution in [3.05, 3.63) is 56.6 Å². The van der Waals surface area contributed by atoms with Crippen LogP contribution in [0.3, 0.4) is 0 Å². The third kappa shape index (κ3) is 5.76. The van der Waals surface area contributed by atoms with E-state index in [9.17, 15) is 23.3 Å². The summed E-state index contributed by atoms with van der Waals surface area (Å²) >= 11 is 6.25. The van der Waals surface area contributed by atoms with Crippen molar-refractivity contribution in [1.29, 1.82) is 0 Å². The molecule has 0 aliphatic rings. The number of halogens is 4. The number of hydrazone groups is 1. The van der Waals surface area contributed by atoms with Crippen LogP contribution in [0, 0.1) is 10.1 Å². The number of rotatable bonds is 8. The first-order valence-electron chi connectivity index (χ1n) is 8.75. The molecule has 0 spiro atoms. The van der Waals surface area contributed by atoms with Gasteiger partial charge in [-0.05, 0) is 43.2 Å². The fourth-order valence-corrected chi connectivity index (χ4v) is 2.61. The van der Waals surface area contributed by atoms with Gasteiger partial charge in [0.1, 0.15) is 5.69 Å². The molecule has 30 heavy (non-hydrogen) atoms. The molecular formula is C19H19ClF3N3O4. The highest BCUT2D eigenvalue weighted by Crippen LogP contribution is 2.37. The summed E-state index contributed by atoms with van der Waals surface area (Å²) in [6.45, 7) is 3.84. The van der Waals surface area contributed by atoms with Crippen LogP contribution < -0.4 is 14.9 Å². The smallest absolute Gasteiger partial charge is 0.416 e. The van der Waals surface area contributed by atoms with Gasteiger partial charge >= 0.3 is 6.18 Å². The fraction of sp³-hybridized carbons (Fsp3) is 0.316. The van der Waals surface area contributed by atoms with E-state index < -0.39 is 22.4 Å². The van der Waals surface area contributed by atoms with E-state index in [4.69, 9.17) is 21.1 Å². The summed E-state index contributed by atoms with van der Waals surface area (Å²) in [6, 6.07) is 5.25. The van der Waals surface area contributed by atoms with Crippen LogP contribution in [0.2, 0.25) is 5.02 Å². The zero-order valence-corrected chi connectivity index (χ0v) is 17.0. The van der Waals surface area contributed by atoms with E-state index in [0.717, 1.165) is 18.6 Å². The summed E-state index contributed by atoms with van der Waals surface area (Å²) < 4.78 is 49.3. The van der Waals surface area contributed by atoms with Gasteiger partial charge in [0.25, 0.3) is 5.69 Å². The molecule has 1 atom stereocenters. The molecular weight excluding hydrogens is 427 g/mol. The summed E-state index contributed by atoms with van der Waals surface area (Å²) in [5.74, 6) is 0.738. The first kappa shape index (κ1) is 23.3. The van der Waals surface area contributed by atoms with Gasteiger partial charge in [0.05, 0.1) is 34.9 Å². The van der Waals surface area contributed by atoms with Crippen molar-refractivity contribution in [2.24, 2.45) is 5.10 Å².